The summed E-state index contributed by atoms with van der Waals surface area (Å²) in [7, 11) is 0. The van der Waals surface area contributed by atoms with E-state index in [0.29, 0.717) is 12.0 Å². The Bertz CT molecular complexity index is 890. The summed E-state index contributed by atoms with van der Waals surface area (Å²) in [6.45, 7) is 4.13. The van der Waals surface area contributed by atoms with E-state index in [9.17, 15) is 0 Å². The third kappa shape index (κ3) is 2.19. The Kier molecular flexibility index (Phi) is 3.08. The molecule has 5 nitrogen and oxygen atoms in total. The lowest BCUT2D eigenvalue weighted by molar-refractivity contribution is 0.395. The second-order valence-corrected chi connectivity index (χ2v) is 6.88. The maximum atomic E-state index is 4.92. The Morgan fingerprint density at radius 1 is 1.12 bits per heavy atom. The summed E-state index contributed by atoms with van der Waals surface area (Å²) in [5, 5.41) is 0. The maximum Gasteiger partial charge on any atom is 0.132 e. The standard InChI is InChI=1S/C19H21N5/c1-2-14-9-18(21-12-20-14)23-10-15(11-23)24-17-6-4-3-5-16(17)22-19(24)13-7-8-13/h3-6,9,12-13,15H,2,7-8,10-11H2,1H3. The van der Waals surface area contributed by atoms with Gasteiger partial charge >= 0.3 is 0 Å². The van der Waals surface area contributed by atoms with Gasteiger partial charge < -0.3 is 9.47 Å². The van der Waals surface area contributed by atoms with E-state index in [-0.39, 0.29) is 0 Å². The molecule has 2 fully saturated rings. The fourth-order valence-corrected chi connectivity index (χ4v) is 3.63. The lowest BCUT2D eigenvalue weighted by atomic mass is 10.1. The summed E-state index contributed by atoms with van der Waals surface area (Å²) in [5.41, 5.74) is 3.52. The van der Waals surface area contributed by atoms with E-state index < -0.39 is 0 Å². The van der Waals surface area contributed by atoms with Crippen LogP contribution in [-0.2, 0) is 6.42 Å². The molecule has 0 spiro atoms. The molecule has 3 aromatic rings. The molecule has 3 heterocycles. The van der Waals surface area contributed by atoms with Gasteiger partial charge in [0.1, 0.15) is 18.0 Å². The number of rotatable bonds is 4. The highest BCUT2D eigenvalue weighted by Gasteiger charge is 2.36. The van der Waals surface area contributed by atoms with Crippen molar-refractivity contribution in [1.29, 1.82) is 0 Å². The van der Waals surface area contributed by atoms with Crippen molar-refractivity contribution in [2.24, 2.45) is 0 Å². The molecule has 5 heteroatoms. The monoisotopic (exact) mass is 319 g/mol. The average molecular weight is 319 g/mol. The van der Waals surface area contributed by atoms with E-state index in [0.717, 1.165) is 36.5 Å². The van der Waals surface area contributed by atoms with Crippen molar-refractivity contribution in [1.82, 2.24) is 19.5 Å². The Labute approximate surface area is 141 Å². The predicted octanol–water partition coefficient (Wildman–Crippen LogP) is 3.33. The van der Waals surface area contributed by atoms with Crippen LogP contribution in [0.5, 0.6) is 0 Å². The molecule has 0 radical (unpaired) electrons. The van der Waals surface area contributed by atoms with Gasteiger partial charge in [-0.2, -0.15) is 0 Å². The predicted molar refractivity (Wildman–Crippen MR) is 94.4 cm³/mol. The number of para-hydroxylation sites is 2. The molecule has 1 saturated heterocycles. The van der Waals surface area contributed by atoms with Crippen LogP contribution in [0.2, 0.25) is 0 Å². The number of nitrogens with zero attached hydrogens (tertiary/aromatic N) is 5. The molecule has 0 amide bonds. The number of hydrogen-bond donors (Lipinski definition) is 0. The van der Waals surface area contributed by atoms with Gasteiger partial charge in [-0.15, -0.1) is 0 Å². The zero-order valence-corrected chi connectivity index (χ0v) is 13.9. The minimum absolute atomic E-state index is 0.494. The second-order valence-electron chi connectivity index (χ2n) is 6.88. The third-order valence-corrected chi connectivity index (χ3v) is 5.19. The third-order valence-electron chi connectivity index (χ3n) is 5.19. The number of hydrogen-bond acceptors (Lipinski definition) is 4. The number of fused-ring (bicyclic) bond motifs is 1. The highest BCUT2D eigenvalue weighted by Crippen LogP contribution is 2.43. The summed E-state index contributed by atoms with van der Waals surface area (Å²) in [6, 6.07) is 11.1. The van der Waals surface area contributed by atoms with Gasteiger partial charge in [-0.1, -0.05) is 19.1 Å². The van der Waals surface area contributed by atoms with Crippen LogP contribution in [0.3, 0.4) is 0 Å². The number of anilines is 1. The molecule has 1 aromatic carbocycles. The SMILES string of the molecule is CCc1cc(N2CC(n3c(C4CC4)nc4ccccc43)C2)ncn1. The van der Waals surface area contributed by atoms with E-state index in [4.69, 9.17) is 4.98 Å². The van der Waals surface area contributed by atoms with Gasteiger partial charge in [0.2, 0.25) is 0 Å². The minimum atomic E-state index is 0.494. The molecule has 1 aliphatic heterocycles. The van der Waals surface area contributed by atoms with Gasteiger partial charge in [-0.25, -0.2) is 15.0 Å². The minimum Gasteiger partial charge on any atom is -0.352 e. The van der Waals surface area contributed by atoms with Crippen molar-refractivity contribution in [2.45, 2.75) is 38.1 Å². The number of aryl methyl sites for hydroxylation is 1. The van der Waals surface area contributed by atoms with Gasteiger partial charge in [0.05, 0.1) is 17.1 Å². The molecule has 1 saturated carbocycles. The van der Waals surface area contributed by atoms with Crippen LogP contribution < -0.4 is 4.90 Å². The van der Waals surface area contributed by atoms with E-state index in [1.54, 1.807) is 6.33 Å². The first-order chi connectivity index (χ1) is 11.8. The topological polar surface area (TPSA) is 46.8 Å². The lowest BCUT2D eigenvalue weighted by Crippen LogP contribution is -2.48. The molecular weight excluding hydrogens is 298 g/mol. The van der Waals surface area contributed by atoms with Gasteiger partial charge in [-0.3, -0.25) is 0 Å². The molecule has 24 heavy (non-hydrogen) atoms. The molecule has 0 N–H and O–H groups in total. The smallest absolute Gasteiger partial charge is 0.132 e. The molecule has 5 rings (SSSR count). The average Bonchev–Trinajstić information content (AvgIpc) is 3.36. The lowest BCUT2D eigenvalue weighted by Gasteiger charge is -2.41. The van der Waals surface area contributed by atoms with Crippen LogP contribution in [0.15, 0.2) is 36.7 Å². The first-order valence-corrected chi connectivity index (χ1v) is 8.86. The van der Waals surface area contributed by atoms with Gasteiger partial charge in [-0.05, 0) is 31.4 Å². The van der Waals surface area contributed by atoms with Crippen molar-refractivity contribution in [3.05, 3.63) is 48.2 Å². The zero-order valence-electron chi connectivity index (χ0n) is 13.9. The molecule has 2 aromatic heterocycles. The first-order valence-electron chi connectivity index (χ1n) is 8.86. The normalized spacial score (nSPS) is 18.1. The van der Waals surface area contributed by atoms with Crippen LogP contribution in [0.25, 0.3) is 11.0 Å². The molecule has 122 valence electrons. The fourth-order valence-electron chi connectivity index (χ4n) is 3.63. The van der Waals surface area contributed by atoms with E-state index in [1.165, 1.54) is 24.2 Å². The summed E-state index contributed by atoms with van der Waals surface area (Å²) < 4.78 is 2.49. The summed E-state index contributed by atoms with van der Waals surface area (Å²) in [5.74, 6) is 3.01. The van der Waals surface area contributed by atoms with Crippen molar-refractivity contribution < 1.29 is 0 Å². The van der Waals surface area contributed by atoms with E-state index >= 15 is 0 Å². The first kappa shape index (κ1) is 14.0. The quantitative estimate of drug-likeness (QED) is 0.740. The number of benzene rings is 1. The molecule has 0 atom stereocenters. The highest BCUT2D eigenvalue weighted by molar-refractivity contribution is 5.76. The Hall–Kier alpha value is -2.43. The Morgan fingerprint density at radius 2 is 1.96 bits per heavy atom. The van der Waals surface area contributed by atoms with E-state index in [1.807, 2.05) is 0 Å². The molecule has 0 unspecified atom stereocenters. The van der Waals surface area contributed by atoms with Gasteiger partial charge in [0.15, 0.2) is 0 Å². The van der Waals surface area contributed by atoms with Crippen LogP contribution >= 0.6 is 0 Å². The van der Waals surface area contributed by atoms with Crippen molar-refractivity contribution >= 4 is 16.9 Å². The fraction of sp³-hybridized carbons (Fsp3) is 0.421. The van der Waals surface area contributed by atoms with E-state index in [2.05, 4.69) is 56.7 Å². The molecule has 0 bridgehead atoms. The van der Waals surface area contributed by atoms with Gasteiger partial charge in [0.25, 0.3) is 0 Å². The molecular formula is C19H21N5. The highest BCUT2D eigenvalue weighted by atomic mass is 15.3. The molecule has 2 aliphatic rings. The number of imidazole rings is 1. The van der Waals surface area contributed by atoms with Crippen LogP contribution in [0, 0.1) is 0 Å². The summed E-state index contributed by atoms with van der Waals surface area (Å²) in [6.07, 6.45) is 5.20. The zero-order chi connectivity index (χ0) is 16.1. The number of aromatic nitrogens is 4. The second kappa shape index (κ2) is 5.30. The summed E-state index contributed by atoms with van der Waals surface area (Å²) in [4.78, 5) is 16.0. The Morgan fingerprint density at radius 3 is 2.75 bits per heavy atom. The van der Waals surface area contributed by atoms with Crippen LogP contribution in [-0.4, -0.2) is 32.6 Å². The van der Waals surface area contributed by atoms with Gasteiger partial charge in [0, 0.05) is 30.8 Å². The largest absolute Gasteiger partial charge is 0.352 e. The van der Waals surface area contributed by atoms with Crippen molar-refractivity contribution in [2.75, 3.05) is 18.0 Å². The van der Waals surface area contributed by atoms with Crippen LogP contribution in [0.4, 0.5) is 5.82 Å². The van der Waals surface area contributed by atoms with Crippen molar-refractivity contribution in [3.63, 3.8) is 0 Å². The molecule has 1 aliphatic carbocycles. The maximum absolute atomic E-state index is 4.92. The van der Waals surface area contributed by atoms with Crippen LogP contribution in [0.1, 0.15) is 43.2 Å². The summed E-state index contributed by atoms with van der Waals surface area (Å²) >= 11 is 0. The van der Waals surface area contributed by atoms with Crippen molar-refractivity contribution in [3.8, 4) is 0 Å². The Balaban J connectivity index is 1.44.